The molecule has 0 bridgehead atoms. The van der Waals surface area contributed by atoms with Crippen LogP contribution in [0.1, 0.15) is 19.4 Å². The van der Waals surface area contributed by atoms with Gasteiger partial charge >= 0.3 is 0 Å². The van der Waals surface area contributed by atoms with E-state index < -0.39 is 0 Å². The fourth-order valence-corrected chi connectivity index (χ4v) is 2.77. The first kappa shape index (κ1) is 15.4. The van der Waals surface area contributed by atoms with Crippen LogP contribution in [0.4, 0.5) is 5.82 Å². The van der Waals surface area contributed by atoms with Crippen molar-refractivity contribution in [2.24, 2.45) is 0 Å². The van der Waals surface area contributed by atoms with Gasteiger partial charge in [-0.3, -0.25) is 0 Å². The highest BCUT2D eigenvalue weighted by molar-refractivity contribution is 7.98. The molecule has 20 heavy (non-hydrogen) atoms. The van der Waals surface area contributed by atoms with Crippen LogP contribution in [0.3, 0.4) is 0 Å². The summed E-state index contributed by atoms with van der Waals surface area (Å²) < 4.78 is 0. The fraction of sp³-hybridized carbons (Fsp3) is 0.286. The van der Waals surface area contributed by atoms with Crippen LogP contribution in [0.5, 0.6) is 0 Å². The van der Waals surface area contributed by atoms with Gasteiger partial charge in [0, 0.05) is 24.2 Å². The number of aromatic nitrogens is 2. The maximum atomic E-state index is 6.01. The topological polar surface area (TPSA) is 37.8 Å². The number of anilines is 1. The Morgan fingerprint density at radius 3 is 2.60 bits per heavy atom. The summed E-state index contributed by atoms with van der Waals surface area (Å²) in [6, 6.07) is 5.97. The highest BCUT2D eigenvalue weighted by atomic mass is 35.5. The van der Waals surface area contributed by atoms with E-state index in [0.29, 0.717) is 16.1 Å². The van der Waals surface area contributed by atoms with E-state index in [9.17, 15) is 0 Å². The first-order valence-electron chi connectivity index (χ1n) is 6.20. The minimum absolute atomic E-state index is 0.316. The Labute approximate surface area is 133 Å². The number of benzene rings is 1. The SMILES string of the molecule is CC(C)Nc1nccnc1SCc1ccc(Cl)c(Cl)c1. The lowest BCUT2D eigenvalue weighted by atomic mass is 10.2. The maximum absolute atomic E-state index is 6.01. The minimum Gasteiger partial charge on any atom is -0.366 e. The predicted molar refractivity (Wildman–Crippen MR) is 86.8 cm³/mol. The number of hydrogen-bond acceptors (Lipinski definition) is 4. The Balaban J connectivity index is 2.08. The first-order chi connectivity index (χ1) is 9.56. The predicted octanol–water partition coefficient (Wildman–Crippen LogP) is 4.90. The van der Waals surface area contributed by atoms with Crippen LogP contribution in [-0.4, -0.2) is 16.0 Å². The third kappa shape index (κ3) is 4.27. The van der Waals surface area contributed by atoms with Crippen molar-refractivity contribution < 1.29 is 0 Å². The van der Waals surface area contributed by atoms with Crippen molar-refractivity contribution in [3.63, 3.8) is 0 Å². The van der Waals surface area contributed by atoms with E-state index >= 15 is 0 Å². The zero-order valence-electron chi connectivity index (χ0n) is 11.2. The van der Waals surface area contributed by atoms with Crippen molar-refractivity contribution in [3.8, 4) is 0 Å². The molecule has 0 atom stereocenters. The van der Waals surface area contributed by atoms with Crippen molar-refractivity contribution in [3.05, 3.63) is 46.2 Å². The Kier molecular flexibility index (Phi) is 5.52. The molecule has 0 aliphatic rings. The Bertz CT molecular complexity index is 590. The summed E-state index contributed by atoms with van der Waals surface area (Å²) in [4.78, 5) is 8.69. The zero-order chi connectivity index (χ0) is 14.5. The van der Waals surface area contributed by atoms with Crippen LogP contribution in [0.2, 0.25) is 10.0 Å². The van der Waals surface area contributed by atoms with Gasteiger partial charge in [0.25, 0.3) is 0 Å². The Morgan fingerprint density at radius 1 is 1.15 bits per heavy atom. The fourth-order valence-electron chi connectivity index (χ4n) is 1.58. The number of thioether (sulfide) groups is 1. The summed E-state index contributed by atoms with van der Waals surface area (Å²) >= 11 is 13.5. The second-order valence-corrected chi connectivity index (χ2v) is 6.32. The quantitative estimate of drug-likeness (QED) is 0.793. The van der Waals surface area contributed by atoms with E-state index in [1.165, 1.54) is 0 Å². The molecule has 2 rings (SSSR count). The lowest BCUT2D eigenvalue weighted by molar-refractivity contribution is 0.869. The van der Waals surface area contributed by atoms with E-state index in [0.717, 1.165) is 22.2 Å². The van der Waals surface area contributed by atoms with Gasteiger partial charge in [-0.1, -0.05) is 41.0 Å². The number of halogens is 2. The average molecular weight is 328 g/mol. The molecule has 0 spiro atoms. The van der Waals surface area contributed by atoms with Gasteiger partial charge in [-0.2, -0.15) is 0 Å². The molecule has 1 aromatic heterocycles. The first-order valence-corrected chi connectivity index (χ1v) is 7.94. The van der Waals surface area contributed by atoms with Gasteiger partial charge in [-0.05, 0) is 31.5 Å². The largest absolute Gasteiger partial charge is 0.366 e. The summed E-state index contributed by atoms with van der Waals surface area (Å²) in [7, 11) is 0. The normalized spacial score (nSPS) is 10.8. The molecular formula is C14H15Cl2N3S. The van der Waals surface area contributed by atoms with E-state index in [1.807, 2.05) is 18.2 Å². The number of nitrogens with zero attached hydrogens (tertiary/aromatic N) is 2. The van der Waals surface area contributed by atoms with Gasteiger partial charge in [0.2, 0.25) is 0 Å². The van der Waals surface area contributed by atoms with E-state index in [2.05, 4.69) is 29.1 Å². The standard InChI is InChI=1S/C14H15Cl2N3S/c1-9(2)19-13-14(18-6-5-17-13)20-8-10-3-4-11(15)12(16)7-10/h3-7,9H,8H2,1-2H3,(H,17,19). The molecule has 0 aliphatic carbocycles. The number of nitrogens with one attached hydrogen (secondary N) is 1. The number of rotatable bonds is 5. The molecule has 0 radical (unpaired) electrons. The monoisotopic (exact) mass is 327 g/mol. The smallest absolute Gasteiger partial charge is 0.158 e. The van der Waals surface area contributed by atoms with Crippen LogP contribution in [-0.2, 0) is 5.75 Å². The minimum atomic E-state index is 0.316. The van der Waals surface area contributed by atoms with Crippen molar-refractivity contribution in [2.75, 3.05) is 5.32 Å². The van der Waals surface area contributed by atoms with Gasteiger partial charge in [0.1, 0.15) is 5.03 Å². The van der Waals surface area contributed by atoms with Crippen molar-refractivity contribution in [1.29, 1.82) is 0 Å². The Hall–Kier alpha value is -0.970. The molecule has 0 fully saturated rings. The molecule has 0 unspecified atom stereocenters. The molecule has 106 valence electrons. The molecule has 2 aromatic rings. The zero-order valence-corrected chi connectivity index (χ0v) is 13.6. The molecule has 0 aliphatic heterocycles. The van der Waals surface area contributed by atoms with E-state index in [4.69, 9.17) is 23.2 Å². The summed E-state index contributed by atoms with van der Waals surface area (Å²) in [5, 5.41) is 5.32. The highest BCUT2D eigenvalue weighted by Crippen LogP contribution is 2.29. The molecule has 6 heteroatoms. The molecule has 1 N–H and O–H groups in total. The van der Waals surface area contributed by atoms with Crippen molar-refractivity contribution in [1.82, 2.24) is 9.97 Å². The van der Waals surface area contributed by atoms with Crippen LogP contribution < -0.4 is 5.32 Å². The molecule has 0 saturated carbocycles. The van der Waals surface area contributed by atoms with Gasteiger partial charge in [-0.15, -0.1) is 0 Å². The van der Waals surface area contributed by atoms with Crippen LogP contribution in [0.15, 0.2) is 35.6 Å². The Morgan fingerprint density at radius 2 is 1.90 bits per heavy atom. The molecule has 0 amide bonds. The van der Waals surface area contributed by atoms with Crippen LogP contribution >= 0.6 is 35.0 Å². The van der Waals surface area contributed by atoms with Gasteiger partial charge in [0.05, 0.1) is 10.0 Å². The number of hydrogen-bond donors (Lipinski definition) is 1. The molecule has 3 nitrogen and oxygen atoms in total. The van der Waals surface area contributed by atoms with Gasteiger partial charge < -0.3 is 5.32 Å². The summed E-state index contributed by atoms with van der Waals surface area (Å²) in [6.45, 7) is 4.14. The third-order valence-electron chi connectivity index (χ3n) is 2.45. The highest BCUT2D eigenvalue weighted by Gasteiger charge is 2.08. The van der Waals surface area contributed by atoms with Gasteiger partial charge in [-0.25, -0.2) is 9.97 Å². The van der Waals surface area contributed by atoms with Crippen LogP contribution in [0, 0.1) is 0 Å². The molecule has 1 aromatic carbocycles. The average Bonchev–Trinajstić information content (AvgIpc) is 2.41. The lowest BCUT2D eigenvalue weighted by Crippen LogP contribution is -2.12. The summed E-state index contributed by atoms with van der Waals surface area (Å²) in [6.07, 6.45) is 3.39. The molecule has 1 heterocycles. The summed E-state index contributed by atoms with van der Waals surface area (Å²) in [5.74, 6) is 1.58. The van der Waals surface area contributed by atoms with Crippen molar-refractivity contribution >= 4 is 40.8 Å². The molecule has 0 saturated heterocycles. The van der Waals surface area contributed by atoms with E-state index in [1.54, 1.807) is 24.2 Å². The molecular weight excluding hydrogens is 313 g/mol. The third-order valence-corrected chi connectivity index (χ3v) is 4.24. The summed E-state index contributed by atoms with van der Waals surface area (Å²) in [5.41, 5.74) is 1.10. The second-order valence-electron chi connectivity index (χ2n) is 4.55. The maximum Gasteiger partial charge on any atom is 0.158 e. The van der Waals surface area contributed by atoms with Crippen molar-refractivity contribution in [2.45, 2.75) is 30.7 Å². The second kappa shape index (κ2) is 7.16. The lowest BCUT2D eigenvalue weighted by Gasteiger charge is -2.12. The van der Waals surface area contributed by atoms with E-state index in [-0.39, 0.29) is 0 Å². The van der Waals surface area contributed by atoms with Crippen LogP contribution in [0.25, 0.3) is 0 Å². The van der Waals surface area contributed by atoms with Gasteiger partial charge in [0.15, 0.2) is 5.82 Å².